The van der Waals surface area contributed by atoms with Gasteiger partial charge in [0.15, 0.2) is 5.11 Å². The maximum atomic E-state index is 11.6. The Morgan fingerprint density at radius 2 is 1.67 bits per heavy atom. The molecule has 2 aromatic rings. The van der Waals surface area contributed by atoms with Crippen LogP contribution in [0.3, 0.4) is 0 Å². The molecule has 0 fully saturated rings. The Labute approximate surface area is 155 Å². The first-order valence-corrected chi connectivity index (χ1v) is 8.17. The molecule has 5 nitrogen and oxygen atoms in total. The number of nitrogen functional groups attached to an aromatic ring is 1. The monoisotopic (exact) mass is 383 g/mol. The van der Waals surface area contributed by atoms with Gasteiger partial charge in [0.2, 0.25) is 0 Å². The van der Waals surface area contributed by atoms with Crippen LogP contribution in [0, 0.1) is 0 Å². The Balaban J connectivity index is 2.01. The van der Waals surface area contributed by atoms with Crippen molar-refractivity contribution in [2.45, 2.75) is 6.92 Å². The van der Waals surface area contributed by atoms with Crippen molar-refractivity contribution < 1.29 is 9.53 Å². The van der Waals surface area contributed by atoms with Crippen molar-refractivity contribution in [1.82, 2.24) is 0 Å². The van der Waals surface area contributed by atoms with Gasteiger partial charge in [-0.2, -0.15) is 0 Å². The molecule has 0 saturated heterocycles. The van der Waals surface area contributed by atoms with Crippen molar-refractivity contribution >= 4 is 63.6 Å². The summed E-state index contributed by atoms with van der Waals surface area (Å²) in [7, 11) is 0. The minimum absolute atomic E-state index is 0.317. The van der Waals surface area contributed by atoms with Crippen LogP contribution in [0.25, 0.3) is 0 Å². The second-order valence-corrected chi connectivity index (χ2v) is 5.95. The molecule has 126 valence electrons. The third-order valence-corrected chi connectivity index (χ3v) is 3.82. The van der Waals surface area contributed by atoms with Crippen LogP contribution in [0.15, 0.2) is 36.4 Å². The highest BCUT2D eigenvalue weighted by Gasteiger charge is 2.08. The smallest absolute Gasteiger partial charge is 0.338 e. The Hall–Kier alpha value is -2.02. The first-order chi connectivity index (χ1) is 11.4. The molecule has 0 aromatic heterocycles. The quantitative estimate of drug-likeness (QED) is 0.408. The molecule has 0 aliphatic carbocycles. The van der Waals surface area contributed by atoms with Crippen molar-refractivity contribution in [3.05, 3.63) is 52.0 Å². The summed E-state index contributed by atoms with van der Waals surface area (Å²) in [4.78, 5) is 11.6. The Kier molecular flexibility index (Phi) is 6.25. The molecule has 0 atom stereocenters. The lowest BCUT2D eigenvalue weighted by atomic mass is 10.2. The Morgan fingerprint density at radius 3 is 2.21 bits per heavy atom. The standard InChI is InChI=1S/C16H15Cl2N3O2S/c1-2-23-15(22)9-3-5-10(6-4-9)20-16(24)21-11-7-12(17)14(19)13(18)8-11/h3-8H,2,19H2,1H3,(H2,20,21,24). The van der Waals surface area contributed by atoms with E-state index in [-0.39, 0.29) is 5.97 Å². The van der Waals surface area contributed by atoms with E-state index in [2.05, 4.69) is 10.6 Å². The number of nitrogens with two attached hydrogens (primary N) is 1. The highest BCUT2D eigenvalue weighted by molar-refractivity contribution is 7.80. The highest BCUT2D eigenvalue weighted by Crippen LogP contribution is 2.31. The van der Waals surface area contributed by atoms with Crippen LogP contribution in [0.1, 0.15) is 17.3 Å². The van der Waals surface area contributed by atoms with E-state index in [1.54, 1.807) is 43.3 Å². The lowest BCUT2D eigenvalue weighted by Gasteiger charge is -2.12. The lowest BCUT2D eigenvalue weighted by molar-refractivity contribution is 0.0526. The van der Waals surface area contributed by atoms with E-state index in [4.69, 9.17) is 45.9 Å². The number of benzene rings is 2. The molecule has 0 saturated carbocycles. The van der Waals surface area contributed by atoms with Gasteiger partial charge in [-0.15, -0.1) is 0 Å². The summed E-state index contributed by atoms with van der Waals surface area (Å²) in [5.74, 6) is -0.365. The van der Waals surface area contributed by atoms with E-state index in [0.29, 0.717) is 44.4 Å². The summed E-state index contributed by atoms with van der Waals surface area (Å²) in [6, 6.07) is 10.0. The fourth-order valence-corrected chi connectivity index (χ4v) is 2.58. The molecule has 0 amide bonds. The molecule has 0 radical (unpaired) electrons. The fraction of sp³-hybridized carbons (Fsp3) is 0.125. The van der Waals surface area contributed by atoms with Gasteiger partial charge in [-0.1, -0.05) is 23.2 Å². The molecule has 0 aliphatic heterocycles. The third kappa shape index (κ3) is 4.74. The van der Waals surface area contributed by atoms with E-state index < -0.39 is 0 Å². The third-order valence-electron chi connectivity index (χ3n) is 2.99. The molecular weight excluding hydrogens is 369 g/mol. The van der Waals surface area contributed by atoms with Crippen molar-refractivity contribution in [2.24, 2.45) is 0 Å². The number of hydrogen-bond acceptors (Lipinski definition) is 4. The maximum absolute atomic E-state index is 11.6. The predicted molar refractivity (Wildman–Crippen MR) is 103 cm³/mol. The fourth-order valence-electron chi connectivity index (χ4n) is 1.85. The zero-order valence-electron chi connectivity index (χ0n) is 12.7. The number of carbonyl (C=O) groups is 1. The number of halogens is 2. The molecule has 0 bridgehead atoms. The van der Waals surface area contributed by atoms with E-state index >= 15 is 0 Å². The summed E-state index contributed by atoms with van der Waals surface area (Å²) in [5, 5.41) is 6.98. The summed E-state index contributed by atoms with van der Waals surface area (Å²) in [5.41, 5.74) is 7.80. The Bertz CT molecular complexity index is 743. The van der Waals surface area contributed by atoms with Gasteiger partial charge in [0.1, 0.15) is 0 Å². The topological polar surface area (TPSA) is 76.4 Å². The summed E-state index contributed by atoms with van der Waals surface area (Å²) in [6.07, 6.45) is 0. The maximum Gasteiger partial charge on any atom is 0.338 e. The van der Waals surface area contributed by atoms with Crippen LogP contribution < -0.4 is 16.4 Å². The Morgan fingerprint density at radius 1 is 1.12 bits per heavy atom. The first kappa shape index (κ1) is 18.3. The normalized spacial score (nSPS) is 10.1. The van der Waals surface area contributed by atoms with Gasteiger partial charge in [-0.25, -0.2) is 4.79 Å². The molecule has 0 heterocycles. The number of esters is 1. The molecule has 8 heteroatoms. The molecule has 0 aliphatic rings. The van der Waals surface area contributed by atoms with E-state index in [9.17, 15) is 4.79 Å². The number of nitrogens with one attached hydrogen (secondary N) is 2. The van der Waals surface area contributed by atoms with Gasteiger partial charge in [0.25, 0.3) is 0 Å². The van der Waals surface area contributed by atoms with Crippen molar-refractivity contribution in [2.75, 3.05) is 23.0 Å². The van der Waals surface area contributed by atoms with E-state index in [1.807, 2.05) is 0 Å². The van der Waals surface area contributed by atoms with Gasteiger partial charge in [-0.3, -0.25) is 0 Å². The van der Waals surface area contributed by atoms with Gasteiger partial charge >= 0.3 is 5.97 Å². The molecule has 24 heavy (non-hydrogen) atoms. The van der Waals surface area contributed by atoms with Gasteiger partial charge in [0.05, 0.1) is 27.9 Å². The van der Waals surface area contributed by atoms with E-state index in [1.165, 1.54) is 0 Å². The summed E-state index contributed by atoms with van der Waals surface area (Å²) >= 11 is 17.2. The average Bonchev–Trinajstić information content (AvgIpc) is 2.53. The van der Waals surface area contributed by atoms with Crippen LogP contribution in [0.5, 0.6) is 0 Å². The number of ether oxygens (including phenoxy) is 1. The second-order valence-electron chi connectivity index (χ2n) is 4.73. The number of hydrogen-bond donors (Lipinski definition) is 3. The minimum Gasteiger partial charge on any atom is -0.462 e. The van der Waals surface area contributed by atoms with Gasteiger partial charge < -0.3 is 21.1 Å². The second kappa shape index (κ2) is 8.19. The van der Waals surface area contributed by atoms with Crippen LogP contribution in [0.2, 0.25) is 10.0 Å². The molecule has 0 unspecified atom stereocenters. The van der Waals surface area contributed by atoms with Crippen LogP contribution in [0.4, 0.5) is 17.1 Å². The van der Waals surface area contributed by atoms with Crippen LogP contribution in [-0.2, 0) is 4.74 Å². The number of carbonyl (C=O) groups excluding carboxylic acids is 1. The number of anilines is 3. The molecule has 0 spiro atoms. The molecular formula is C16H15Cl2N3O2S. The average molecular weight is 384 g/mol. The SMILES string of the molecule is CCOC(=O)c1ccc(NC(=S)Nc2cc(Cl)c(N)c(Cl)c2)cc1. The summed E-state index contributed by atoms with van der Waals surface area (Å²) < 4.78 is 4.93. The van der Waals surface area contributed by atoms with Crippen LogP contribution in [-0.4, -0.2) is 17.7 Å². The zero-order valence-corrected chi connectivity index (χ0v) is 15.1. The predicted octanol–water partition coefficient (Wildman–Crippen LogP) is 4.56. The summed E-state index contributed by atoms with van der Waals surface area (Å²) in [6.45, 7) is 2.09. The largest absolute Gasteiger partial charge is 0.462 e. The van der Waals surface area contributed by atoms with Crippen molar-refractivity contribution in [3.8, 4) is 0 Å². The molecule has 2 rings (SSSR count). The van der Waals surface area contributed by atoms with Crippen LogP contribution >= 0.6 is 35.4 Å². The lowest BCUT2D eigenvalue weighted by Crippen LogP contribution is -2.19. The minimum atomic E-state index is -0.365. The molecule has 4 N–H and O–H groups in total. The molecule has 2 aromatic carbocycles. The van der Waals surface area contributed by atoms with Crippen molar-refractivity contribution in [3.63, 3.8) is 0 Å². The highest BCUT2D eigenvalue weighted by atomic mass is 35.5. The van der Waals surface area contributed by atoms with Crippen molar-refractivity contribution in [1.29, 1.82) is 0 Å². The van der Waals surface area contributed by atoms with Gasteiger partial charge in [0, 0.05) is 11.4 Å². The van der Waals surface area contributed by atoms with E-state index in [0.717, 1.165) is 0 Å². The number of rotatable bonds is 4. The number of thiocarbonyl (C=S) groups is 1. The zero-order chi connectivity index (χ0) is 17.7. The van der Waals surface area contributed by atoms with Gasteiger partial charge in [-0.05, 0) is 55.5 Å². The first-order valence-electron chi connectivity index (χ1n) is 7.00.